The third kappa shape index (κ3) is 2.96. The molecule has 0 spiro atoms. The Morgan fingerprint density at radius 1 is 1.00 bits per heavy atom. The van der Waals surface area contributed by atoms with E-state index in [1.54, 1.807) is 0 Å². The minimum Gasteiger partial charge on any atom is -0.475 e. The maximum atomic E-state index is 12.2. The Morgan fingerprint density at radius 3 is 2.47 bits per heavy atom. The average Bonchev–Trinajstić information content (AvgIpc) is 2.39. The standard InChI is InChI=1S/C14H23NO3S/c16-19(17)13-9-5-4-8-12(13)18-14(15-19)10-11-6-2-1-3-7-11/h11-13H,1-10H2/t12-,13+/m0/s1. The first-order valence-electron chi connectivity index (χ1n) is 7.64. The maximum Gasteiger partial charge on any atom is 0.262 e. The van der Waals surface area contributed by atoms with Crippen molar-refractivity contribution in [3.05, 3.63) is 0 Å². The van der Waals surface area contributed by atoms with Gasteiger partial charge >= 0.3 is 0 Å². The Labute approximate surface area is 115 Å². The van der Waals surface area contributed by atoms with Gasteiger partial charge in [-0.1, -0.05) is 25.7 Å². The van der Waals surface area contributed by atoms with Crippen molar-refractivity contribution in [3.63, 3.8) is 0 Å². The molecule has 0 unspecified atom stereocenters. The molecule has 0 bridgehead atoms. The van der Waals surface area contributed by atoms with E-state index in [1.807, 2.05) is 0 Å². The Morgan fingerprint density at radius 2 is 1.68 bits per heavy atom. The predicted molar refractivity (Wildman–Crippen MR) is 74.7 cm³/mol. The van der Waals surface area contributed by atoms with Crippen molar-refractivity contribution in [2.75, 3.05) is 0 Å². The molecule has 0 amide bonds. The zero-order chi connectivity index (χ0) is 13.3. The van der Waals surface area contributed by atoms with Gasteiger partial charge in [-0.05, 0) is 38.0 Å². The summed E-state index contributed by atoms with van der Waals surface area (Å²) in [5.41, 5.74) is 0. The first-order valence-corrected chi connectivity index (χ1v) is 9.15. The van der Waals surface area contributed by atoms with Crippen LogP contribution < -0.4 is 0 Å². The molecule has 1 aliphatic heterocycles. The van der Waals surface area contributed by atoms with Crippen LogP contribution in [0.4, 0.5) is 0 Å². The fraction of sp³-hybridized carbons (Fsp3) is 0.929. The number of fused-ring (bicyclic) bond motifs is 1. The van der Waals surface area contributed by atoms with Gasteiger partial charge in [-0.25, -0.2) is 8.42 Å². The monoisotopic (exact) mass is 285 g/mol. The van der Waals surface area contributed by atoms with Crippen molar-refractivity contribution in [2.24, 2.45) is 10.3 Å². The Kier molecular flexibility index (Phi) is 3.83. The van der Waals surface area contributed by atoms with Gasteiger partial charge in [0, 0.05) is 6.42 Å². The normalized spacial score (nSPS) is 35.1. The lowest BCUT2D eigenvalue weighted by Gasteiger charge is -2.35. The number of ether oxygens (including phenoxy) is 1. The minimum atomic E-state index is -3.32. The minimum absolute atomic E-state index is 0.130. The van der Waals surface area contributed by atoms with E-state index in [9.17, 15) is 8.42 Å². The average molecular weight is 285 g/mol. The molecular weight excluding hydrogens is 262 g/mol. The fourth-order valence-electron chi connectivity index (χ4n) is 3.67. The highest BCUT2D eigenvalue weighted by Crippen LogP contribution is 2.34. The smallest absolute Gasteiger partial charge is 0.262 e. The molecule has 0 aromatic heterocycles. The van der Waals surface area contributed by atoms with Crippen LogP contribution in [-0.2, 0) is 14.8 Å². The molecule has 4 nitrogen and oxygen atoms in total. The van der Waals surface area contributed by atoms with Crippen LogP contribution in [0.15, 0.2) is 4.40 Å². The molecule has 108 valence electrons. The van der Waals surface area contributed by atoms with Crippen LogP contribution in [0.5, 0.6) is 0 Å². The molecule has 0 N–H and O–H groups in total. The van der Waals surface area contributed by atoms with Crippen molar-refractivity contribution in [1.82, 2.24) is 0 Å². The van der Waals surface area contributed by atoms with Gasteiger partial charge < -0.3 is 4.74 Å². The SMILES string of the molecule is O=S1(=O)N=C(CC2CCCCC2)O[C@H]2CCCC[C@H]21. The number of hydrogen-bond acceptors (Lipinski definition) is 3. The number of sulfonamides is 1. The van der Waals surface area contributed by atoms with Crippen LogP contribution in [-0.4, -0.2) is 25.7 Å². The van der Waals surface area contributed by atoms with Crippen LogP contribution in [0.1, 0.15) is 64.2 Å². The molecule has 2 aliphatic carbocycles. The Hall–Kier alpha value is -0.580. The van der Waals surface area contributed by atoms with E-state index >= 15 is 0 Å². The second-order valence-corrected chi connectivity index (χ2v) is 8.01. The van der Waals surface area contributed by atoms with Crippen molar-refractivity contribution in [3.8, 4) is 0 Å². The van der Waals surface area contributed by atoms with Crippen LogP contribution in [0.25, 0.3) is 0 Å². The van der Waals surface area contributed by atoms with Gasteiger partial charge in [-0.3, -0.25) is 0 Å². The van der Waals surface area contributed by atoms with Crippen LogP contribution in [0.3, 0.4) is 0 Å². The van der Waals surface area contributed by atoms with Crippen molar-refractivity contribution in [2.45, 2.75) is 75.6 Å². The third-order valence-electron chi connectivity index (χ3n) is 4.73. The molecule has 0 saturated heterocycles. The van der Waals surface area contributed by atoms with E-state index in [-0.39, 0.29) is 11.4 Å². The van der Waals surface area contributed by atoms with Crippen molar-refractivity contribution < 1.29 is 13.2 Å². The molecule has 3 aliphatic rings. The highest BCUT2D eigenvalue weighted by molar-refractivity contribution is 7.91. The fourth-order valence-corrected chi connectivity index (χ4v) is 5.24. The summed E-state index contributed by atoms with van der Waals surface area (Å²) in [6.07, 6.45) is 10.5. The molecule has 0 aromatic rings. The van der Waals surface area contributed by atoms with E-state index in [0.717, 1.165) is 25.7 Å². The zero-order valence-corrected chi connectivity index (χ0v) is 12.2. The lowest BCUT2D eigenvalue weighted by Crippen LogP contribution is -2.43. The number of nitrogens with zero attached hydrogens (tertiary/aromatic N) is 1. The summed E-state index contributed by atoms with van der Waals surface area (Å²) in [5.74, 6) is 1.07. The molecule has 3 rings (SSSR count). The van der Waals surface area contributed by atoms with Crippen molar-refractivity contribution in [1.29, 1.82) is 0 Å². The third-order valence-corrected chi connectivity index (χ3v) is 6.49. The summed E-state index contributed by atoms with van der Waals surface area (Å²) in [5, 5.41) is -0.378. The summed E-state index contributed by atoms with van der Waals surface area (Å²) in [4.78, 5) is 0. The van der Waals surface area contributed by atoms with E-state index in [0.29, 0.717) is 18.2 Å². The van der Waals surface area contributed by atoms with Gasteiger partial charge in [0.2, 0.25) is 5.90 Å². The van der Waals surface area contributed by atoms with Gasteiger partial charge in [0.05, 0.1) is 0 Å². The molecule has 1 heterocycles. The van der Waals surface area contributed by atoms with Crippen LogP contribution >= 0.6 is 0 Å². The van der Waals surface area contributed by atoms with E-state index < -0.39 is 10.0 Å². The first kappa shape index (κ1) is 13.4. The number of hydrogen-bond donors (Lipinski definition) is 0. The summed E-state index contributed by atoms with van der Waals surface area (Å²) in [6, 6.07) is 0. The zero-order valence-electron chi connectivity index (χ0n) is 11.4. The van der Waals surface area contributed by atoms with Gasteiger partial charge in [0.25, 0.3) is 10.0 Å². The highest BCUT2D eigenvalue weighted by Gasteiger charge is 2.41. The van der Waals surface area contributed by atoms with Crippen LogP contribution in [0.2, 0.25) is 0 Å². The predicted octanol–water partition coefficient (Wildman–Crippen LogP) is 3.03. The van der Waals surface area contributed by atoms with Gasteiger partial charge in [-0.2, -0.15) is 0 Å². The molecule has 0 aromatic carbocycles. The summed E-state index contributed by atoms with van der Waals surface area (Å²) >= 11 is 0. The topological polar surface area (TPSA) is 55.7 Å². The molecule has 0 radical (unpaired) electrons. The summed E-state index contributed by atoms with van der Waals surface area (Å²) < 4.78 is 34.3. The molecule has 2 fully saturated rings. The highest BCUT2D eigenvalue weighted by atomic mass is 32.2. The lowest BCUT2D eigenvalue weighted by molar-refractivity contribution is 0.132. The summed E-state index contributed by atoms with van der Waals surface area (Å²) in [6.45, 7) is 0. The van der Waals surface area contributed by atoms with E-state index in [4.69, 9.17) is 4.74 Å². The second kappa shape index (κ2) is 5.43. The van der Waals surface area contributed by atoms with Crippen molar-refractivity contribution >= 4 is 15.9 Å². The molecule has 5 heteroatoms. The van der Waals surface area contributed by atoms with Gasteiger partial charge in [-0.15, -0.1) is 4.40 Å². The van der Waals surface area contributed by atoms with E-state index in [2.05, 4.69) is 4.40 Å². The molecular formula is C14H23NO3S. The Bertz CT molecular complexity index is 451. The molecule has 2 atom stereocenters. The lowest BCUT2D eigenvalue weighted by atomic mass is 9.87. The molecule has 2 saturated carbocycles. The van der Waals surface area contributed by atoms with E-state index in [1.165, 1.54) is 32.1 Å². The largest absolute Gasteiger partial charge is 0.475 e. The quantitative estimate of drug-likeness (QED) is 0.783. The van der Waals surface area contributed by atoms with Gasteiger partial charge in [0.1, 0.15) is 11.4 Å². The molecule has 19 heavy (non-hydrogen) atoms. The summed E-state index contributed by atoms with van der Waals surface area (Å²) in [7, 11) is -3.32. The number of rotatable bonds is 2. The second-order valence-electron chi connectivity index (χ2n) is 6.19. The maximum absolute atomic E-state index is 12.2. The van der Waals surface area contributed by atoms with Crippen LogP contribution in [0, 0.1) is 5.92 Å². The first-order chi connectivity index (χ1) is 9.15. The Balaban J connectivity index is 1.73. The van der Waals surface area contributed by atoms with Gasteiger partial charge in [0.15, 0.2) is 0 Å².